The number of hydrogen-bond acceptors (Lipinski definition) is 2. The van der Waals surface area contributed by atoms with Crippen LogP contribution in [0.5, 0.6) is 0 Å². The van der Waals surface area contributed by atoms with Crippen LogP contribution in [0.2, 0.25) is 0 Å². The first kappa shape index (κ1) is 13.5. The molecule has 18 heavy (non-hydrogen) atoms. The van der Waals surface area contributed by atoms with Gasteiger partial charge in [0.1, 0.15) is 5.82 Å². The van der Waals surface area contributed by atoms with Crippen molar-refractivity contribution in [3.8, 4) is 0 Å². The standard InChI is InChI=1S/C13H16BrFN2O/c1-16-4-6-17(7-5-16)13(18)9-10-8-11(15)2-3-12(10)14/h2-3,8H,4-7,9H2,1H3. The van der Waals surface area contributed by atoms with E-state index in [4.69, 9.17) is 0 Å². The number of likely N-dealkylation sites (N-methyl/N-ethyl adjacent to an activating group) is 1. The van der Waals surface area contributed by atoms with Crippen LogP contribution >= 0.6 is 15.9 Å². The Hall–Kier alpha value is -0.940. The minimum Gasteiger partial charge on any atom is -0.340 e. The van der Waals surface area contributed by atoms with Crippen molar-refractivity contribution in [2.45, 2.75) is 6.42 Å². The Kier molecular flexibility index (Phi) is 4.35. The molecule has 98 valence electrons. The minimum atomic E-state index is -0.306. The van der Waals surface area contributed by atoms with Crippen LogP contribution in [0.15, 0.2) is 22.7 Å². The van der Waals surface area contributed by atoms with Crippen LogP contribution in [0.25, 0.3) is 0 Å². The van der Waals surface area contributed by atoms with E-state index >= 15 is 0 Å². The molecule has 0 aromatic heterocycles. The van der Waals surface area contributed by atoms with Gasteiger partial charge in [-0.25, -0.2) is 4.39 Å². The molecule has 1 heterocycles. The van der Waals surface area contributed by atoms with Gasteiger partial charge in [-0.1, -0.05) is 15.9 Å². The van der Waals surface area contributed by atoms with E-state index in [0.29, 0.717) is 5.56 Å². The van der Waals surface area contributed by atoms with Crippen LogP contribution < -0.4 is 0 Å². The van der Waals surface area contributed by atoms with E-state index in [1.165, 1.54) is 12.1 Å². The molecule has 0 radical (unpaired) electrons. The number of hydrogen-bond donors (Lipinski definition) is 0. The van der Waals surface area contributed by atoms with Gasteiger partial charge in [-0.3, -0.25) is 4.79 Å². The van der Waals surface area contributed by atoms with Crippen molar-refractivity contribution < 1.29 is 9.18 Å². The smallest absolute Gasteiger partial charge is 0.227 e. The molecule has 0 spiro atoms. The zero-order valence-corrected chi connectivity index (χ0v) is 11.9. The van der Waals surface area contributed by atoms with Gasteiger partial charge in [-0.15, -0.1) is 0 Å². The van der Waals surface area contributed by atoms with Crippen molar-refractivity contribution in [1.82, 2.24) is 9.80 Å². The van der Waals surface area contributed by atoms with E-state index in [-0.39, 0.29) is 18.1 Å². The molecule has 1 aliphatic rings. The summed E-state index contributed by atoms with van der Waals surface area (Å²) >= 11 is 3.35. The molecule has 1 aliphatic heterocycles. The number of carbonyl (C=O) groups is 1. The SMILES string of the molecule is CN1CCN(C(=O)Cc2cc(F)ccc2Br)CC1. The highest BCUT2D eigenvalue weighted by Crippen LogP contribution is 2.19. The van der Waals surface area contributed by atoms with Crippen LogP contribution in [0, 0.1) is 5.82 Å². The Balaban J connectivity index is 2.00. The Morgan fingerprint density at radius 3 is 2.67 bits per heavy atom. The highest BCUT2D eigenvalue weighted by molar-refractivity contribution is 9.10. The van der Waals surface area contributed by atoms with Gasteiger partial charge in [-0.05, 0) is 30.8 Å². The summed E-state index contributed by atoms with van der Waals surface area (Å²) in [6.45, 7) is 3.30. The molecule has 2 rings (SSSR count). The number of halogens is 2. The normalized spacial score (nSPS) is 16.9. The van der Waals surface area contributed by atoms with Crippen LogP contribution in [-0.2, 0) is 11.2 Å². The van der Waals surface area contributed by atoms with Gasteiger partial charge in [0.05, 0.1) is 6.42 Å². The number of amides is 1. The topological polar surface area (TPSA) is 23.6 Å². The molecule has 0 unspecified atom stereocenters. The lowest BCUT2D eigenvalue weighted by molar-refractivity contribution is -0.132. The minimum absolute atomic E-state index is 0.0643. The lowest BCUT2D eigenvalue weighted by atomic mass is 10.1. The summed E-state index contributed by atoms with van der Waals surface area (Å²) < 4.78 is 13.9. The number of piperazine rings is 1. The quantitative estimate of drug-likeness (QED) is 0.832. The van der Waals surface area contributed by atoms with Crippen LogP contribution in [0.3, 0.4) is 0 Å². The Morgan fingerprint density at radius 2 is 2.00 bits per heavy atom. The second-order valence-electron chi connectivity index (χ2n) is 4.60. The highest BCUT2D eigenvalue weighted by Gasteiger charge is 2.19. The van der Waals surface area contributed by atoms with E-state index in [2.05, 4.69) is 20.8 Å². The predicted molar refractivity (Wildman–Crippen MR) is 71.9 cm³/mol. The second-order valence-corrected chi connectivity index (χ2v) is 5.45. The monoisotopic (exact) mass is 314 g/mol. The molecule has 0 N–H and O–H groups in total. The summed E-state index contributed by atoms with van der Waals surface area (Å²) in [7, 11) is 2.05. The van der Waals surface area contributed by atoms with Crippen LogP contribution in [0.1, 0.15) is 5.56 Å². The van der Waals surface area contributed by atoms with E-state index < -0.39 is 0 Å². The maximum Gasteiger partial charge on any atom is 0.227 e. The third-order valence-electron chi connectivity index (χ3n) is 3.21. The Bertz CT molecular complexity index is 445. The number of carbonyl (C=O) groups excluding carboxylic acids is 1. The first-order chi connectivity index (χ1) is 8.56. The van der Waals surface area contributed by atoms with Gasteiger partial charge < -0.3 is 9.80 Å². The van der Waals surface area contributed by atoms with Gasteiger partial charge in [-0.2, -0.15) is 0 Å². The summed E-state index contributed by atoms with van der Waals surface area (Å²) in [4.78, 5) is 16.1. The molecule has 1 saturated heterocycles. The lowest BCUT2D eigenvalue weighted by Gasteiger charge is -2.32. The lowest BCUT2D eigenvalue weighted by Crippen LogP contribution is -2.47. The fraction of sp³-hybridized carbons (Fsp3) is 0.462. The van der Waals surface area contributed by atoms with Crippen molar-refractivity contribution in [3.05, 3.63) is 34.1 Å². The maximum atomic E-state index is 13.1. The number of rotatable bonds is 2. The molecule has 0 atom stereocenters. The molecule has 0 aliphatic carbocycles. The summed E-state index contributed by atoms with van der Waals surface area (Å²) in [6.07, 6.45) is 0.252. The molecule has 3 nitrogen and oxygen atoms in total. The molecule has 1 aromatic carbocycles. The molecule has 5 heteroatoms. The molecule has 0 bridgehead atoms. The zero-order valence-electron chi connectivity index (χ0n) is 10.3. The fourth-order valence-corrected chi connectivity index (χ4v) is 2.40. The average Bonchev–Trinajstić information content (AvgIpc) is 2.34. The average molecular weight is 315 g/mol. The van der Waals surface area contributed by atoms with Crippen LogP contribution in [-0.4, -0.2) is 48.9 Å². The van der Waals surface area contributed by atoms with Crippen LogP contribution in [0.4, 0.5) is 4.39 Å². The first-order valence-corrected chi connectivity index (χ1v) is 6.76. The van der Waals surface area contributed by atoms with Gasteiger partial charge in [0, 0.05) is 30.7 Å². The molecule has 1 fully saturated rings. The first-order valence-electron chi connectivity index (χ1n) is 5.96. The fourth-order valence-electron chi connectivity index (χ4n) is 2.01. The molecular weight excluding hydrogens is 299 g/mol. The van der Waals surface area contributed by atoms with Gasteiger partial charge in [0.15, 0.2) is 0 Å². The Labute approximate surface area is 115 Å². The van der Waals surface area contributed by atoms with Gasteiger partial charge in [0.25, 0.3) is 0 Å². The summed E-state index contributed by atoms with van der Waals surface area (Å²) in [6, 6.07) is 4.44. The zero-order chi connectivity index (χ0) is 13.1. The van der Waals surface area contributed by atoms with Crippen molar-refractivity contribution in [1.29, 1.82) is 0 Å². The highest BCUT2D eigenvalue weighted by atomic mass is 79.9. The van der Waals surface area contributed by atoms with Crippen molar-refractivity contribution >= 4 is 21.8 Å². The van der Waals surface area contributed by atoms with Crippen molar-refractivity contribution in [2.24, 2.45) is 0 Å². The number of nitrogens with zero attached hydrogens (tertiary/aromatic N) is 2. The molecule has 0 saturated carbocycles. The van der Waals surface area contributed by atoms with E-state index in [1.807, 2.05) is 11.9 Å². The molecule has 1 amide bonds. The summed E-state index contributed by atoms with van der Waals surface area (Å²) in [5, 5.41) is 0. The summed E-state index contributed by atoms with van der Waals surface area (Å²) in [5.74, 6) is -0.242. The third kappa shape index (κ3) is 3.29. The third-order valence-corrected chi connectivity index (χ3v) is 3.98. The van der Waals surface area contributed by atoms with Gasteiger partial charge >= 0.3 is 0 Å². The van der Waals surface area contributed by atoms with Crippen molar-refractivity contribution in [3.63, 3.8) is 0 Å². The predicted octanol–water partition coefficient (Wildman–Crippen LogP) is 1.90. The molecule has 1 aromatic rings. The van der Waals surface area contributed by atoms with E-state index in [9.17, 15) is 9.18 Å². The van der Waals surface area contributed by atoms with Gasteiger partial charge in [0.2, 0.25) is 5.91 Å². The maximum absolute atomic E-state index is 13.1. The largest absolute Gasteiger partial charge is 0.340 e. The second kappa shape index (κ2) is 5.80. The number of benzene rings is 1. The van der Waals surface area contributed by atoms with E-state index in [1.54, 1.807) is 6.07 Å². The van der Waals surface area contributed by atoms with E-state index in [0.717, 1.165) is 30.7 Å². The summed E-state index contributed by atoms with van der Waals surface area (Å²) in [5.41, 5.74) is 0.707. The van der Waals surface area contributed by atoms with Crippen molar-refractivity contribution in [2.75, 3.05) is 33.2 Å². The Morgan fingerprint density at radius 1 is 1.33 bits per heavy atom. The molecular formula is C13H16BrFN2O.